The van der Waals surface area contributed by atoms with Crippen LogP contribution in [0.4, 0.5) is 5.82 Å². The van der Waals surface area contributed by atoms with E-state index in [2.05, 4.69) is 21.8 Å². The van der Waals surface area contributed by atoms with Gasteiger partial charge in [0.05, 0.1) is 25.8 Å². The smallest absolute Gasteiger partial charge is 0.163 e. The van der Waals surface area contributed by atoms with Gasteiger partial charge in [-0.3, -0.25) is 0 Å². The van der Waals surface area contributed by atoms with Crippen molar-refractivity contribution in [3.8, 4) is 11.5 Å². The lowest BCUT2D eigenvalue weighted by molar-refractivity contribution is 0.182. The summed E-state index contributed by atoms with van der Waals surface area (Å²) in [5.74, 6) is 1.68. The Morgan fingerprint density at radius 1 is 1.17 bits per heavy atom. The molecule has 24 heavy (non-hydrogen) atoms. The molecule has 0 bridgehead atoms. The van der Waals surface area contributed by atoms with Crippen LogP contribution in [0.1, 0.15) is 19.8 Å². The van der Waals surface area contributed by atoms with Crippen LogP contribution in [-0.2, 0) is 0 Å². The second-order valence-corrected chi connectivity index (χ2v) is 5.55. The number of aliphatic hydroxyl groups excluding tert-OH is 1. The lowest BCUT2D eigenvalue weighted by atomic mass is 10.2. The number of hydrogen-bond acceptors (Lipinski definition) is 7. The van der Waals surface area contributed by atoms with Crippen molar-refractivity contribution in [1.29, 1.82) is 0 Å². The third kappa shape index (κ3) is 4.69. The summed E-state index contributed by atoms with van der Waals surface area (Å²) in [4.78, 5) is 10.4. The number of rotatable bonds is 10. The molecule has 0 atom stereocenters. The van der Waals surface area contributed by atoms with Crippen LogP contribution >= 0.6 is 0 Å². The molecular weight excluding hydrogens is 308 g/mol. The molecule has 1 aromatic heterocycles. The third-order valence-electron chi connectivity index (χ3n) is 3.78. The average molecular weight is 334 g/mol. The molecular formula is C17H26N4O3. The van der Waals surface area contributed by atoms with Crippen molar-refractivity contribution >= 4 is 16.7 Å². The number of aliphatic hydroxyl groups is 1. The van der Waals surface area contributed by atoms with Crippen molar-refractivity contribution in [2.24, 2.45) is 0 Å². The highest BCUT2D eigenvalue weighted by Crippen LogP contribution is 2.33. The normalized spacial score (nSPS) is 11.2. The molecule has 2 rings (SSSR count). The molecule has 3 N–H and O–H groups in total. The van der Waals surface area contributed by atoms with Gasteiger partial charge >= 0.3 is 0 Å². The molecule has 0 saturated heterocycles. The van der Waals surface area contributed by atoms with Gasteiger partial charge in [0.15, 0.2) is 11.5 Å². The van der Waals surface area contributed by atoms with Crippen LogP contribution in [0.2, 0.25) is 0 Å². The van der Waals surface area contributed by atoms with E-state index in [0.717, 1.165) is 36.8 Å². The Balaban J connectivity index is 1.99. The number of methoxy groups -OCH3 is 1. The van der Waals surface area contributed by atoms with E-state index >= 15 is 0 Å². The van der Waals surface area contributed by atoms with Gasteiger partial charge in [0.1, 0.15) is 12.1 Å². The number of nitrogen functional groups attached to an aromatic ring is 1. The number of nitrogens with zero attached hydrogens (tertiary/aromatic N) is 3. The van der Waals surface area contributed by atoms with Gasteiger partial charge in [-0.15, -0.1) is 0 Å². The van der Waals surface area contributed by atoms with E-state index < -0.39 is 0 Å². The first-order valence-corrected chi connectivity index (χ1v) is 8.23. The molecule has 0 saturated carbocycles. The second kappa shape index (κ2) is 9.24. The number of anilines is 1. The van der Waals surface area contributed by atoms with Gasteiger partial charge in [0, 0.05) is 24.5 Å². The van der Waals surface area contributed by atoms with Crippen molar-refractivity contribution in [2.75, 3.05) is 45.7 Å². The van der Waals surface area contributed by atoms with Gasteiger partial charge in [0.2, 0.25) is 0 Å². The summed E-state index contributed by atoms with van der Waals surface area (Å²) >= 11 is 0. The average Bonchev–Trinajstić information content (AvgIpc) is 2.58. The maximum atomic E-state index is 9.08. The number of hydrogen-bond donors (Lipinski definition) is 2. The maximum Gasteiger partial charge on any atom is 0.163 e. The molecule has 1 aromatic carbocycles. The number of nitrogens with two attached hydrogens (primary N) is 1. The highest BCUT2D eigenvalue weighted by Gasteiger charge is 2.10. The fourth-order valence-electron chi connectivity index (χ4n) is 2.62. The monoisotopic (exact) mass is 334 g/mol. The summed E-state index contributed by atoms with van der Waals surface area (Å²) < 4.78 is 11.3. The first-order chi connectivity index (χ1) is 11.7. The minimum Gasteiger partial charge on any atom is -0.493 e. The summed E-state index contributed by atoms with van der Waals surface area (Å²) in [6, 6.07) is 3.62. The zero-order valence-corrected chi connectivity index (χ0v) is 14.4. The highest BCUT2D eigenvalue weighted by molar-refractivity contribution is 5.90. The van der Waals surface area contributed by atoms with Crippen molar-refractivity contribution in [3.63, 3.8) is 0 Å². The van der Waals surface area contributed by atoms with Crippen molar-refractivity contribution in [1.82, 2.24) is 14.9 Å². The summed E-state index contributed by atoms with van der Waals surface area (Å²) in [5.41, 5.74) is 6.60. The van der Waals surface area contributed by atoms with Crippen molar-refractivity contribution in [2.45, 2.75) is 19.8 Å². The molecule has 7 nitrogen and oxygen atoms in total. The fourth-order valence-corrected chi connectivity index (χ4v) is 2.62. The van der Waals surface area contributed by atoms with E-state index in [-0.39, 0.29) is 6.61 Å². The molecule has 0 spiro atoms. The molecule has 0 unspecified atom stereocenters. The van der Waals surface area contributed by atoms with E-state index in [0.29, 0.717) is 30.5 Å². The van der Waals surface area contributed by atoms with Gasteiger partial charge in [-0.05, 0) is 25.5 Å². The van der Waals surface area contributed by atoms with Gasteiger partial charge < -0.3 is 25.2 Å². The highest BCUT2D eigenvalue weighted by atomic mass is 16.5. The van der Waals surface area contributed by atoms with Gasteiger partial charge in [-0.25, -0.2) is 9.97 Å². The molecule has 0 amide bonds. The number of benzene rings is 1. The molecule has 0 radical (unpaired) electrons. The fraction of sp³-hybridized carbons (Fsp3) is 0.529. The lowest BCUT2D eigenvalue weighted by Crippen LogP contribution is -2.29. The first kappa shape index (κ1) is 18.2. The molecule has 0 fully saturated rings. The topological polar surface area (TPSA) is 93.7 Å². The first-order valence-electron chi connectivity index (χ1n) is 8.23. The molecule has 0 aliphatic heterocycles. The van der Waals surface area contributed by atoms with E-state index in [1.54, 1.807) is 13.2 Å². The molecule has 132 valence electrons. The summed E-state index contributed by atoms with van der Waals surface area (Å²) in [7, 11) is 1.60. The van der Waals surface area contributed by atoms with Crippen LogP contribution in [0.3, 0.4) is 0 Å². The largest absolute Gasteiger partial charge is 0.493 e. The second-order valence-electron chi connectivity index (χ2n) is 5.55. The predicted octanol–water partition coefficient (Wildman–Crippen LogP) is 1.69. The number of ether oxygens (including phenoxy) is 2. The SMILES string of the molecule is CCCN(CCO)CCCOc1cc2ncnc(N)c2cc1OC. The Labute approximate surface area is 142 Å². The van der Waals surface area contributed by atoms with Crippen LogP contribution < -0.4 is 15.2 Å². The molecule has 0 aliphatic carbocycles. The van der Waals surface area contributed by atoms with E-state index in [1.165, 1.54) is 6.33 Å². The summed E-state index contributed by atoms with van der Waals surface area (Å²) in [5, 5.41) is 9.83. The van der Waals surface area contributed by atoms with Crippen LogP contribution in [0, 0.1) is 0 Å². The Kier molecular flexibility index (Phi) is 7.02. The third-order valence-corrected chi connectivity index (χ3v) is 3.78. The van der Waals surface area contributed by atoms with Crippen LogP contribution in [-0.4, -0.2) is 59.9 Å². The van der Waals surface area contributed by atoms with Gasteiger partial charge in [-0.1, -0.05) is 6.92 Å². The van der Waals surface area contributed by atoms with Crippen LogP contribution in [0.15, 0.2) is 18.5 Å². The Bertz CT molecular complexity index is 645. The molecule has 0 aliphatic rings. The standard InChI is InChI=1S/C17H26N4O3/c1-3-5-21(7-8-22)6-4-9-24-16-11-14-13(10-15(16)23-2)17(18)20-12-19-14/h10-12,22H,3-9H2,1-2H3,(H2,18,19,20). The maximum absolute atomic E-state index is 9.08. The molecule has 1 heterocycles. The quantitative estimate of drug-likeness (QED) is 0.639. The van der Waals surface area contributed by atoms with Gasteiger partial charge in [-0.2, -0.15) is 0 Å². The minimum absolute atomic E-state index is 0.181. The minimum atomic E-state index is 0.181. The zero-order valence-electron chi connectivity index (χ0n) is 14.4. The zero-order chi connectivity index (χ0) is 17.4. The van der Waals surface area contributed by atoms with Gasteiger partial charge in [0.25, 0.3) is 0 Å². The molecule has 7 heteroatoms. The molecule has 2 aromatic rings. The number of fused-ring (bicyclic) bond motifs is 1. The van der Waals surface area contributed by atoms with Crippen molar-refractivity contribution in [3.05, 3.63) is 18.5 Å². The van der Waals surface area contributed by atoms with Crippen molar-refractivity contribution < 1.29 is 14.6 Å². The van der Waals surface area contributed by atoms with E-state index in [4.69, 9.17) is 20.3 Å². The van der Waals surface area contributed by atoms with Crippen LogP contribution in [0.25, 0.3) is 10.9 Å². The van der Waals surface area contributed by atoms with E-state index in [9.17, 15) is 0 Å². The summed E-state index contributed by atoms with van der Waals surface area (Å²) in [6.45, 7) is 5.45. The predicted molar refractivity (Wildman–Crippen MR) is 94.4 cm³/mol. The summed E-state index contributed by atoms with van der Waals surface area (Å²) in [6.07, 6.45) is 3.37. The Morgan fingerprint density at radius 2 is 2.00 bits per heavy atom. The lowest BCUT2D eigenvalue weighted by Gasteiger charge is -2.20. The Hall–Kier alpha value is -2.12. The number of aromatic nitrogens is 2. The van der Waals surface area contributed by atoms with E-state index in [1.807, 2.05) is 6.07 Å². The van der Waals surface area contributed by atoms with Crippen LogP contribution in [0.5, 0.6) is 11.5 Å². The Morgan fingerprint density at radius 3 is 2.71 bits per heavy atom.